The van der Waals surface area contributed by atoms with Crippen LogP contribution in [0.1, 0.15) is 27.0 Å². The van der Waals surface area contributed by atoms with E-state index in [0.29, 0.717) is 5.56 Å². The van der Waals surface area contributed by atoms with Crippen molar-refractivity contribution in [2.75, 3.05) is 5.32 Å². The van der Waals surface area contributed by atoms with Crippen LogP contribution in [0.3, 0.4) is 0 Å². The molecule has 1 amide bonds. The minimum Gasteiger partial charge on any atom is -0.332 e. The Bertz CT molecular complexity index is 793. The van der Waals surface area contributed by atoms with Crippen LogP contribution in [-0.4, -0.2) is 15.9 Å². The number of hydrogen-bond acceptors (Lipinski definition) is 4. The smallest absolute Gasteiger partial charge is 0.269 e. The second-order valence-electron chi connectivity index (χ2n) is 5.49. The summed E-state index contributed by atoms with van der Waals surface area (Å²) in [4.78, 5) is 22.2. The summed E-state index contributed by atoms with van der Waals surface area (Å²) in [5.41, 5.74) is 4.28. The van der Waals surface area contributed by atoms with E-state index in [4.69, 9.17) is 12.2 Å². The van der Waals surface area contributed by atoms with Crippen molar-refractivity contribution < 1.29 is 9.72 Å². The van der Waals surface area contributed by atoms with Gasteiger partial charge in [0.05, 0.1) is 4.92 Å². The van der Waals surface area contributed by atoms with Crippen LogP contribution in [0.5, 0.6) is 0 Å². The highest BCUT2D eigenvalue weighted by Gasteiger charge is 2.12. The quantitative estimate of drug-likeness (QED) is 0.505. The zero-order valence-electron chi connectivity index (χ0n) is 13.5. The average Bonchev–Trinajstić information content (AvgIpc) is 2.50. The Morgan fingerprint density at radius 1 is 1.08 bits per heavy atom. The van der Waals surface area contributed by atoms with Crippen LogP contribution in [0, 0.1) is 30.9 Å². The lowest BCUT2D eigenvalue weighted by atomic mass is 10.1. The number of anilines is 1. The molecule has 24 heavy (non-hydrogen) atoms. The molecule has 0 saturated carbocycles. The maximum absolute atomic E-state index is 12.1. The number of nitrogens with one attached hydrogen (secondary N) is 2. The summed E-state index contributed by atoms with van der Waals surface area (Å²) in [7, 11) is 0. The van der Waals surface area contributed by atoms with Gasteiger partial charge in [0.25, 0.3) is 11.6 Å². The molecule has 0 atom stereocenters. The minimum absolute atomic E-state index is 0.0712. The van der Waals surface area contributed by atoms with Gasteiger partial charge in [-0.3, -0.25) is 20.2 Å². The van der Waals surface area contributed by atoms with Gasteiger partial charge in [-0.05, 0) is 56.2 Å². The molecule has 0 aromatic heterocycles. The number of hydrogen-bond donors (Lipinski definition) is 2. The second kappa shape index (κ2) is 7.18. The van der Waals surface area contributed by atoms with Crippen molar-refractivity contribution in [2.45, 2.75) is 20.8 Å². The number of nitro groups is 1. The third-order valence-electron chi connectivity index (χ3n) is 3.48. The number of benzene rings is 2. The number of rotatable bonds is 3. The summed E-state index contributed by atoms with van der Waals surface area (Å²) in [5.74, 6) is -0.426. The molecular weight excluding hydrogens is 326 g/mol. The largest absolute Gasteiger partial charge is 0.332 e. The van der Waals surface area contributed by atoms with Crippen molar-refractivity contribution in [2.24, 2.45) is 0 Å². The van der Waals surface area contributed by atoms with E-state index in [1.807, 2.05) is 32.9 Å². The number of nitrogens with zero attached hydrogens (tertiary/aromatic N) is 1. The second-order valence-corrected chi connectivity index (χ2v) is 5.89. The molecule has 2 N–H and O–H groups in total. The van der Waals surface area contributed by atoms with E-state index in [1.54, 1.807) is 0 Å². The summed E-state index contributed by atoms with van der Waals surface area (Å²) in [6.45, 7) is 5.94. The molecule has 6 nitrogen and oxygen atoms in total. The van der Waals surface area contributed by atoms with Gasteiger partial charge in [0.2, 0.25) is 0 Å². The van der Waals surface area contributed by atoms with Crippen LogP contribution in [0.2, 0.25) is 0 Å². The number of carbonyl (C=O) groups excluding carboxylic acids is 1. The molecule has 0 aliphatic carbocycles. The number of thiocarbonyl (C=S) groups is 1. The van der Waals surface area contributed by atoms with Crippen molar-refractivity contribution in [1.29, 1.82) is 0 Å². The molecule has 0 saturated heterocycles. The summed E-state index contributed by atoms with van der Waals surface area (Å²) in [5, 5.41) is 16.4. The van der Waals surface area contributed by atoms with Crippen LogP contribution in [0.15, 0.2) is 36.4 Å². The van der Waals surface area contributed by atoms with E-state index in [-0.39, 0.29) is 10.8 Å². The number of carbonyl (C=O) groups is 1. The summed E-state index contributed by atoms with van der Waals surface area (Å²) in [6, 6.07) is 9.38. The molecule has 2 aromatic carbocycles. The first-order chi connectivity index (χ1) is 11.3. The van der Waals surface area contributed by atoms with Crippen LogP contribution >= 0.6 is 12.2 Å². The van der Waals surface area contributed by atoms with E-state index in [1.165, 1.54) is 24.3 Å². The molecule has 2 aromatic rings. The SMILES string of the molecule is Cc1cc(C)c(NC(=S)NC(=O)c2ccc([N+](=O)[O-])cc2)c(C)c1. The Hall–Kier alpha value is -2.80. The number of amides is 1. The molecule has 0 fully saturated rings. The molecule has 0 bridgehead atoms. The van der Waals surface area contributed by atoms with Gasteiger partial charge in [0, 0.05) is 23.4 Å². The molecule has 0 aliphatic heterocycles. The van der Waals surface area contributed by atoms with Gasteiger partial charge < -0.3 is 5.32 Å². The van der Waals surface area contributed by atoms with E-state index in [9.17, 15) is 14.9 Å². The van der Waals surface area contributed by atoms with Crippen LogP contribution in [-0.2, 0) is 0 Å². The number of nitro benzene ring substituents is 1. The lowest BCUT2D eigenvalue weighted by Gasteiger charge is -2.15. The molecule has 0 aliphatic rings. The Morgan fingerprint density at radius 3 is 2.12 bits per heavy atom. The van der Waals surface area contributed by atoms with Gasteiger partial charge in [-0.15, -0.1) is 0 Å². The van der Waals surface area contributed by atoms with Gasteiger partial charge in [-0.2, -0.15) is 0 Å². The molecule has 7 heteroatoms. The predicted molar refractivity (Wildman–Crippen MR) is 97.4 cm³/mol. The highest BCUT2D eigenvalue weighted by Crippen LogP contribution is 2.21. The lowest BCUT2D eigenvalue weighted by Crippen LogP contribution is -2.34. The first-order valence-electron chi connectivity index (χ1n) is 7.22. The highest BCUT2D eigenvalue weighted by molar-refractivity contribution is 7.80. The van der Waals surface area contributed by atoms with Gasteiger partial charge in [-0.25, -0.2) is 0 Å². The van der Waals surface area contributed by atoms with Crippen LogP contribution < -0.4 is 10.6 Å². The van der Waals surface area contributed by atoms with E-state index in [0.717, 1.165) is 22.4 Å². The highest BCUT2D eigenvalue weighted by atomic mass is 32.1. The third kappa shape index (κ3) is 4.14. The Balaban J connectivity index is 2.07. The number of non-ortho nitro benzene ring substituents is 1. The molecular formula is C17H17N3O3S. The minimum atomic E-state index is -0.517. The van der Waals surface area contributed by atoms with Gasteiger partial charge in [-0.1, -0.05) is 17.7 Å². The van der Waals surface area contributed by atoms with Crippen LogP contribution in [0.4, 0.5) is 11.4 Å². The van der Waals surface area contributed by atoms with Crippen LogP contribution in [0.25, 0.3) is 0 Å². The lowest BCUT2D eigenvalue weighted by molar-refractivity contribution is -0.384. The fourth-order valence-electron chi connectivity index (χ4n) is 2.43. The van der Waals surface area contributed by atoms with Crippen molar-refractivity contribution in [1.82, 2.24) is 5.32 Å². The van der Waals surface area contributed by atoms with E-state index < -0.39 is 10.8 Å². The van der Waals surface area contributed by atoms with Crippen molar-refractivity contribution in [3.63, 3.8) is 0 Å². The topological polar surface area (TPSA) is 84.3 Å². The van der Waals surface area contributed by atoms with Crippen molar-refractivity contribution in [3.05, 3.63) is 68.8 Å². The van der Waals surface area contributed by atoms with Crippen molar-refractivity contribution >= 4 is 34.6 Å². The molecule has 0 radical (unpaired) electrons. The summed E-state index contributed by atoms with van der Waals surface area (Å²) >= 11 is 5.18. The fraction of sp³-hybridized carbons (Fsp3) is 0.176. The monoisotopic (exact) mass is 343 g/mol. The first-order valence-corrected chi connectivity index (χ1v) is 7.63. The van der Waals surface area contributed by atoms with Crippen molar-refractivity contribution in [3.8, 4) is 0 Å². The Kier molecular flexibility index (Phi) is 5.25. The maximum atomic E-state index is 12.1. The maximum Gasteiger partial charge on any atom is 0.269 e. The van der Waals surface area contributed by atoms with Gasteiger partial charge >= 0.3 is 0 Å². The normalized spacial score (nSPS) is 10.1. The Labute approximate surface area is 145 Å². The zero-order chi connectivity index (χ0) is 17.9. The molecule has 0 unspecified atom stereocenters. The Morgan fingerprint density at radius 2 is 1.62 bits per heavy atom. The fourth-order valence-corrected chi connectivity index (χ4v) is 2.63. The average molecular weight is 343 g/mol. The molecule has 2 rings (SSSR count). The van der Waals surface area contributed by atoms with E-state index in [2.05, 4.69) is 10.6 Å². The third-order valence-corrected chi connectivity index (χ3v) is 3.69. The zero-order valence-corrected chi connectivity index (χ0v) is 14.4. The van der Waals surface area contributed by atoms with Gasteiger partial charge in [0.1, 0.15) is 0 Å². The molecule has 124 valence electrons. The summed E-state index contributed by atoms with van der Waals surface area (Å²) in [6.07, 6.45) is 0. The standard InChI is InChI=1S/C17H17N3O3S/c1-10-8-11(2)15(12(3)9-10)18-17(24)19-16(21)13-4-6-14(7-5-13)20(22)23/h4-9H,1-3H3,(H2,18,19,21,24). The van der Waals surface area contributed by atoms with Gasteiger partial charge in [0.15, 0.2) is 5.11 Å². The molecule has 0 heterocycles. The molecule has 0 spiro atoms. The van der Waals surface area contributed by atoms with E-state index >= 15 is 0 Å². The summed E-state index contributed by atoms with van der Waals surface area (Å²) < 4.78 is 0. The first kappa shape index (κ1) is 17.6. The predicted octanol–water partition coefficient (Wildman–Crippen LogP) is 3.65. The number of aryl methyl sites for hydroxylation is 3.